The molecule has 0 saturated carbocycles. The summed E-state index contributed by atoms with van der Waals surface area (Å²) in [6, 6.07) is 44.4. The van der Waals surface area contributed by atoms with E-state index < -0.39 is 0 Å². The van der Waals surface area contributed by atoms with Gasteiger partial charge in [-0.1, -0.05) is 115 Å². The molecule has 0 aliphatic rings. The standard InChI is InChI=1S/C37H22N6O/c1-3-12-23(13-4-1)33-40-34(24-14-5-2-6-15-24)42-35(41-33)26-17-11-16-25(22-26)31-27-18-7-8-19-28(27)32-36(38-31)43-29-20-9-10-21-30(29)44-37(43)39-32/h1-22H. The molecule has 4 aromatic heterocycles. The summed E-state index contributed by atoms with van der Waals surface area (Å²) < 4.78 is 8.09. The van der Waals surface area contributed by atoms with Gasteiger partial charge in [-0.25, -0.2) is 24.3 Å². The van der Waals surface area contributed by atoms with Gasteiger partial charge in [-0.15, -0.1) is 0 Å². The zero-order valence-corrected chi connectivity index (χ0v) is 23.3. The first-order valence-electron chi connectivity index (χ1n) is 14.4. The van der Waals surface area contributed by atoms with Gasteiger partial charge in [0.05, 0.1) is 11.2 Å². The molecule has 206 valence electrons. The first kappa shape index (κ1) is 24.4. The summed E-state index contributed by atoms with van der Waals surface area (Å²) >= 11 is 0. The number of hydrogen-bond donors (Lipinski definition) is 0. The third-order valence-corrected chi connectivity index (χ3v) is 7.88. The lowest BCUT2D eigenvalue weighted by molar-refractivity contribution is 0.643. The molecule has 0 amide bonds. The van der Waals surface area contributed by atoms with Gasteiger partial charge in [-0.3, -0.25) is 0 Å². The molecule has 7 heteroatoms. The molecule has 0 N–H and O–H groups in total. The van der Waals surface area contributed by atoms with Crippen LogP contribution in [0.15, 0.2) is 138 Å². The molecule has 0 radical (unpaired) electrons. The number of fused-ring (bicyclic) bond motifs is 7. The predicted octanol–water partition coefficient (Wildman–Crippen LogP) is 8.63. The largest absolute Gasteiger partial charge is 0.423 e. The third-order valence-electron chi connectivity index (χ3n) is 7.88. The van der Waals surface area contributed by atoms with E-state index in [1.165, 1.54) is 0 Å². The maximum atomic E-state index is 6.09. The summed E-state index contributed by atoms with van der Waals surface area (Å²) in [5.74, 6) is 2.37. The minimum atomic E-state index is 0.525. The Labute approximate surface area is 251 Å². The predicted molar refractivity (Wildman–Crippen MR) is 173 cm³/mol. The molecular weight excluding hydrogens is 544 g/mol. The van der Waals surface area contributed by atoms with Crippen molar-refractivity contribution in [1.29, 1.82) is 0 Å². The van der Waals surface area contributed by atoms with Crippen LogP contribution in [-0.2, 0) is 0 Å². The van der Waals surface area contributed by atoms with Crippen LogP contribution >= 0.6 is 0 Å². The Bertz CT molecular complexity index is 2440. The monoisotopic (exact) mass is 566 g/mol. The van der Waals surface area contributed by atoms with Crippen molar-refractivity contribution in [3.63, 3.8) is 0 Å². The third kappa shape index (κ3) is 3.87. The van der Waals surface area contributed by atoms with Crippen LogP contribution in [0.2, 0.25) is 0 Å². The smallest absolute Gasteiger partial charge is 0.309 e. The summed E-state index contributed by atoms with van der Waals surface area (Å²) in [5, 5.41) is 2.02. The zero-order chi connectivity index (χ0) is 29.0. The van der Waals surface area contributed by atoms with Crippen molar-refractivity contribution in [2.24, 2.45) is 0 Å². The van der Waals surface area contributed by atoms with Gasteiger partial charge in [0.1, 0.15) is 5.52 Å². The highest BCUT2D eigenvalue weighted by molar-refractivity contribution is 6.10. The maximum absolute atomic E-state index is 6.09. The molecular formula is C37H22N6O. The van der Waals surface area contributed by atoms with Crippen LogP contribution in [0.1, 0.15) is 0 Å². The van der Waals surface area contributed by atoms with Crippen LogP contribution in [-0.4, -0.2) is 29.3 Å². The van der Waals surface area contributed by atoms with E-state index >= 15 is 0 Å². The molecule has 0 spiro atoms. The fourth-order valence-electron chi connectivity index (χ4n) is 5.81. The number of hydrogen-bond acceptors (Lipinski definition) is 6. The van der Waals surface area contributed by atoms with Crippen molar-refractivity contribution in [3.05, 3.63) is 133 Å². The van der Waals surface area contributed by atoms with E-state index in [0.717, 1.165) is 61.0 Å². The number of para-hydroxylation sites is 2. The van der Waals surface area contributed by atoms with Gasteiger partial charge in [-0.2, -0.15) is 4.98 Å². The van der Waals surface area contributed by atoms with Crippen LogP contribution < -0.4 is 0 Å². The highest BCUT2D eigenvalue weighted by atomic mass is 16.4. The van der Waals surface area contributed by atoms with Crippen LogP contribution in [0, 0.1) is 0 Å². The van der Waals surface area contributed by atoms with E-state index in [0.29, 0.717) is 23.3 Å². The average Bonchev–Trinajstić information content (AvgIpc) is 3.65. The molecule has 5 aromatic carbocycles. The lowest BCUT2D eigenvalue weighted by Crippen LogP contribution is -2.00. The molecule has 0 aliphatic carbocycles. The Morgan fingerprint density at radius 2 is 1.02 bits per heavy atom. The summed E-state index contributed by atoms with van der Waals surface area (Å²) in [7, 11) is 0. The van der Waals surface area contributed by atoms with Gasteiger partial charge < -0.3 is 4.42 Å². The van der Waals surface area contributed by atoms with Crippen molar-refractivity contribution < 1.29 is 4.42 Å². The lowest BCUT2D eigenvalue weighted by Gasteiger charge is -2.11. The molecule has 9 rings (SSSR count). The van der Waals surface area contributed by atoms with E-state index in [-0.39, 0.29) is 0 Å². The minimum Gasteiger partial charge on any atom is -0.423 e. The van der Waals surface area contributed by atoms with E-state index in [9.17, 15) is 0 Å². The second-order valence-electron chi connectivity index (χ2n) is 10.6. The summed E-state index contributed by atoms with van der Waals surface area (Å²) in [6.07, 6.45) is 0. The fraction of sp³-hybridized carbons (Fsp3) is 0. The number of pyridine rings is 1. The van der Waals surface area contributed by atoms with Gasteiger partial charge >= 0.3 is 5.84 Å². The Balaban J connectivity index is 1.27. The van der Waals surface area contributed by atoms with E-state index in [1.807, 2.05) is 114 Å². The van der Waals surface area contributed by atoms with Crippen molar-refractivity contribution in [2.75, 3.05) is 0 Å². The van der Waals surface area contributed by atoms with E-state index in [4.69, 9.17) is 29.3 Å². The number of imidazole rings is 1. The maximum Gasteiger partial charge on any atom is 0.309 e. The number of oxazole rings is 1. The molecule has 44 heavy (non-hydrogen) atoms. The van der Waals surface area contributed by atoms with Gasteiger partial charge in [-0.05, 0) is 18.2 Å². The normalized spacial score (nSPS) is 11.6. The molecule has 0 atom stereocenters. The first-order valence-corrected chi connectivity index (χ1v) is 14.4. The fourth-order valence-corrected chi connectivity index (χ4v) is 5.81. The highest BCUT2D eigenvalue weighted by Crippen LogP contribution is 2.36. The quantitative estimate of drug-likeness (QED) is 0.212. The van der Waals surface area contributed by atoms with Gasteiger partial charge in [0.15, 0.2) is 28.7 Å². The van der Waals surface area contributed by atoms with E-state index in [1.54, 1.807) is 0 Å². The number of benzene rings is 5. The van der Waals surface area contributed by atoms with Crippen LogP contribution in [0.5, 0.6) is 0 Å². The van der Waals surface area contributed by atoms with Crippen molar-refractivity contribution in [3.8, 4) is 45.4 Å². The molecule has 0 bridgehead atoms. The lowest BCUT2D eigenvalue weighted by atomic mass is 10.0. The molecule has 0 fully saturated rings. The molecule has 0 unspecified atom stereocenters. The molecule has 7 nitrogen and oxygen atoms in total. The van der Waals surface area contributed by atoms with Gasteiger partial charge in [0.2, 0.25) is 0 Å². The molecule has 9 aromatic rings. The Morgan fingerprint density at radius 1 is 0.455 bits per heavy atom. The Kier molecular flexibility index (Phi) is 5.36. The summed E-state index contributed by atoms with van der Waals surface area (Å²) in [5.41, 5.74) is 7.79. The first-order chi connectivity index (χ1) is 21.8. The Hall–Kier alpha value is -6.21. The van der Waals surface area contributed by atoms with Gasteiger partial charge in [0.25, 0.3) is 0 Å². The SMILES string of the molecule is c1ccc(-c2nc(-c3ccccc3)nc(-c3cccc(-c4nc5c(nc6oc7ccccc7n65)c5ccccc45)c3)n2)cc1. The second-order valence-corrected chi connectivity index (χ2v) is 10.6. The van der Waals surface area contributed by atoms with Crippen molar-refractivity contribution in [1.82, 2.24) is 29.3 Å². The van der Waals surface area contributed by atoms with Crippen LogP contribution in [0.25, 0.3) is 84.3 Å². The van der Waals surface area contributed by atoms with Crippen LogP contribution in [0.3, 0.4) is 0 Å². The van der Waals surface area contributed by atoms with Crippen LogP contribution in [0.4, 0.5) is 0 Å². The highest BCUT2D eigenvalue weighted by Gasteiger charge is 2.20. The number of rotatable bonds is 4. The zero-order valence-electron chi connectivity index (χ0n) is 23.3. The topological polar surface area (TPSA) is 82.0 Å². The van der Waals surface area contributed by atoms with Crippen molar-refractivity contribution >= 4 is 38.9 Å². The number of aromatic nitrogens is 6. The van der Waals surface area contributed by atoms with E-state index in [2.05, 4.69) is 24.3 Å². The summed E-state index contributed by atoms with van der Waals surface area (Å²) in [4.78, 5) is 24.8. The Morgan fingerprint density at radius 3 is 1.75 bits per heavy atom. The molecule has 0 saturated heterocycles. The molecule has 4 heterocycles. The number of nitrogens with zero attached hydrogens (tertiary/aromatic N) is 6. The second kappa shape index (κ2) is 9.68. The van der Waals surface area contributed by atoms with Gasteiger partial charge in [0, 0.05) is 33.0 Å². The van der Waals surface area contributed by atoms with Crippen molar-refractivity contribution in [2.45, 2.75) is 0 Å². The molecule has 0 aliphatic heterocycles. The minimum absolute atomic E-state index is 0.525. The average molecular weight is 567 g/mol. The summed E-state index contributed by atoms with van der Waals surface area (Å²) in [6.45, 7) is 0.